The minimum atomic E-state index is -1.01. The topological polar surface area (TPSA) is 149 Å². The predicted molar refractivity (Wildman–Crippen MR) is 186 cm³/mol. The van der Waals surface area contributed by atoms with Crippen LogP contribution < -0.4 is 30.1 Å². The summed E-state index contributed by atoms with van der Waals surface area (Å²) in [4.78, 5) is 68.0. The molecule has 3 N–H and O–H groups in total. The molecule has 48 heavy (non-hydrogen) atoms. The van der Waals surface area contributed by atoms with E-state index in [1.165, 1.54) is 20.8 Å². The maximum absolute atomic E-state index is 13.7. The average Bonchev–Trinajstić information content (AvgIpc) is 3.08. The Morgan fingerprint density at radius 1 is 0.750 bits per heavy atom. The summed E-state index contributed by atoms with van der Waals surface area (Å²) < 4.78 is 6.71. The molecule has 4 aromatic rings. The number of para-hydroxylation sites is 3. The molecule has 0 spiro atoms. The molecule has 0 saturated heterocycles. The minimum absolute atomic E-state index is 0.178. The van der Waals surface area contributed by atoms with Gasteiger partial charge in [0.05, 0.1) is 18.7 Å². The molecule has 0 fully saturated rings. The Hall–Kier alpha value is -5.69. The number of hydrogen-bond acceptors (Lipinski definition) is 6. The first-order valence-electron chi connectivity index (χ1n) is 14.7. The molecule has 12 nitrogen and oxygen atoms in total. The van der Waals surface area contributed by atoms with Gasteiger partial charge in [0.15, 0.2) is 6.61 Å². The number of carbonyl (C=O) groups is 5. The van der Waals surface area contributed by atoms with Crippen molar-refractivity contribution in [1.82, 2.24) is 5.32 Å². The number of amides is 5. The molecule has 0 aromatic heterocycles. The van der Waals surface area contributed by atoms with E-state index in [4.69, 9.17) is 9.84 Å². The lowest BCUT2D eigenvalue weighted by atomic mass is 10.1. The van der Waals surface area contributed by atoms with Crippen LogP contribution in [0.1, 0.15) is 5.56 Å². The zero-order chi connectivity index (χ0) is 34.6. The van der Waals surface area contributed by atoms with Crippen molar-refractivity contribution in [2.24, 2.45) is 0 Å². The summed E-state index contributed by atoms with van der Waals surface area (Å²) in [6.45, 7) is -1.26. The van der Waals surface area contributed by atoms with E-state index < -0.39 is 36.9 Å². The van der Waals surface area contributed by atoms with Crippen molar-refractivity contribution in [3.63, 3.8) is 0 Å². The van der Waals surface area contributed by atoms with Crippen LogP contribution in [0.3, 0.4) is 0 Å². The number of benzene rings is 4. The van der Waals surface area contributed by atoms with Crippen LogP contribution in [0.15, 0.2) is 108 Å². The van der Waals surface area contributed by atoms with Crippen molar-refractivity contribution >= 4 is 68.4 Å². The van der Waals surface area contributed by atoms with Crippen LogP contribution in [0.2, 0.25) is 0 Å². The average molecular weight is 717 g/mol. The molecule has 0 aliphatic heterocycles. The van der Waals surface area contributed by atoms with E-state index >= 15 is 0 Å². The molecule has 0 bridgehead atoms. The molecule has 0 unspecified atom stereocenters. The molecule has 4 rings (SSSR count). The molecule has 0 saturated carbocycles. The summed E-state index contributed by atoms with van der Waals surface area (Å²) in [5.41, 5.74) is 2.31. The van der Waals surface area contributed by atoms with Gasteiger partial charge in [-0.2, -0.15) is 0 Å². The summed E-state index contributed by atoms with van der Waals surface area (Å²) in [7, 11) is 3.20. The van der Waals surface area contributed by atoms with E-state index in [9.17, 15) is 24.0 Å². The van der Waals surface area contributed by atoms with E-state index in [2.05, 4.69) is 26.6 Å². The molecule has 248 valence electrons. The first-order valence-corrected chi connectivity index (χ1v) is 15.5. The largest absolute Gasteiger partial charge is 0.482 e. The zero-order valence-corrected chi connectivity index (χ0v) is 27.8. The van der Waals surface area contributed by atoms with Crippen LogP contribution in [-0.2, 0) is 25.6 Å². The number of halogens is 1. The summed E-state index contributed by atoms with van der Waals surface area (Å²) in [5.74, 6) is -2.24. The van der Waals surface area contributed by atoms with Crippen LogP contribution in [0, 0.1) is 0 Å². The Morgan fingerprint density at radius 3 is 2.15 bits per heavy atom. The van der Waals surface area contributed by atoms with Gasteiger partial charge in [-0.15, -0.1) is 0 Å². The first kappa shape index (κ1) is 35.2. The minimum Gasteiger partial charge on any atom is -0.482 e. The van der Waals surface area contributed by atoms with Crippen molar-refractivity contribution in [3.05, 3.63) is 113 Å². The number of hydrogen-bond donors (Lipinski definition) is 3. The third-order valence-electron chi connectivity index (χ3n) is 7.13. The number of carboxylic acid groups (broad SMARTS) is 1. The third-order valence-corrected chi connectivity index (χ3v) is 7.62. The zero-order valence-electron chi connectivity index (χ0n) is 26.3. The fourth-order valence-electron chi connectivity index (χ4n) is 4.57. The Kier molecular flexibility index (Phi) is 12.3. The number of urea groups is 1. The SMILES string of the molecule is CN(C(=O)COc1ccccc1N(CC(=O)N(C)c1ccccc1)C(=O)CNC(=O)Nc1cccc(CC(=O)O)c1)c1cccc(Br)c1. The fraction of sp³-hybridized carbons (Fsp3) is 0.171. The lowest BCUT2D eigenvalue weighted by molar-refractivity contribution is -0.136. The Labute approximate surface area is 286 Å². The Bertz CT molecular complexity index is 1790. The fourth-order valence-corrected chi connectivity index (χ4v) is 4.96. The lowest BCUT2D eigenvalue weighted by Gasteiger charge is -2.27. The van der Waals surface area contributed by atoms with Crippen LogP contribution >= 0.6 is 15.9 Å². The maximum Gasteiger partial charge on any atom is 0.319 e. The van der Waals surface area contributed by atoms with Gasteiger partial charge in [0, 0.05) is 35.6 Å². The van der Waals surface area contributed by atoms with Crippen LogP contribution in [0.4, 0.5) is 27.5 Å². The van der Waals surface area contributed by atoms with Crippen LogP contribution in [-0.4, -0.2) is 68.6 Å². The smallest absolute Gasteiger partial charge is 0.319 e. The molecule has 0 heterocycles. The standard InChI is InChI=1S/C35H34BrN5O7/c1-39(27-13-4-3-5-14-27)32(43)22-41(31(42)21-37-35(47)38-26-12-8-10-24(18-26)19-34(45)46)29-16-6-7-17-30(29)48-23-33(44)40(2)28-15-9-11-25(36)20-28/h3-18,20H,19,21-23H2,1-2H3,(H,45,46)(H2,37,38,47). The van der Waals surface area contributed by atoms with Gasteiger partial charge in [0.2, 0.25) is 11.8 Å². The van der Waals surface area contributed by atoms with Gasteiger partial charge in [-0.1, -0.05) is 64.5 Å². The summed E-state index contributed by atoms with van der Waals surface area (Å²) in [5, 5.41) is 14.1. The monoisotopic (exact) mass is 715 g/mol. The Balaban J connectivity index is 1.51. The molecule has 0 aliphatic carbocycles. The van der Waals surface area contributed by atoms with Gasteiger partial charge in [-0.05, 0) is 60.2 Å². The quantitative estimate of drug-likeness (QED) is 0.178. The van der Waals surface area contributed by atoms with Gasteiger partial charge >= 0.3 is 12.0 Å². The summed E-state index contributed by atoms with van der Waals surface area (Å²) >= 11 is 3.40. The molecule has 0 atom stereocenters. The highest BCUT2D eigenvalue weighted by Crippen LogP contribution is 2.29. The van der Waals surface area contributed by atoms with Crippen molar-refractivity contribution in [3.8, 4) is 5.75 Å². The molecular formula is C35H34BrN5O7. The van der Waals surface area contributed by atoms with Gasteiger partial charge in [0.1, 0.15) is 12.3 Å². The number of carboxylic acids is 1. The number of carbonyl (C=O) groups excluding carboxylic acids is 4. The number of ether oxygens (including phenoxy) is 1. The van der Waals surface area contributed by atoms with Crippen LogP contribution in [0.5, 0.6) is 5.75 Å². The summed E-state index contributed by atoms with van der Waals surface area (Å²) in [6, 6.07) is 28.2. The second-order valence-corrected chi connectivity index (χ2v) is 11.5. The number of likely N-dealkylation sites (N-methyl/N-ethyl adjacent to an activating group) is 2. The normalized spacial score (nSPS) is 10.4. The molecular weight excluding hydrogens is 682 g/mol. The lowest BCUT2D eigenvalue weighted by Crippen LogP contribution is -2.46. The van der Waals surface area contributed by atoms with Crippen molar-refractivity contribution in [1.29, 1.82) is 0 Å². The molecule has 4 aromatic carbocycles. The van der Waals surface area contributed by atoms with E-state index in [0.29, 0.717) is 22.6 Å². The van der Waals surface area contributed by atoms with Crippen LogP contribution in [0.25, 0.3) is 0 Å². The van der Waals surface area contributed by atoms with Gasteiger partial charge in [-0.3, -0.25) is 24.1 Å². The van der Waals surface area contributed by atoms with Gasteiger partial charge in [-0.25, -0.2) is 4.79 Å². The van der Waals surface area contributed by atoms with Crippen molar-refractivity contribution < 1.29 is 33.8 Å². The number of aliphatic carboxylic acids is 1. The third kappa shape index (κ3) is 9.90. The van der Waals surface area contributed by atoms with E-state index in [1.807, 2.05) is 12.1 Å². The van der Waals surface area contributed by atoms with Gasteiger partial charge in [0.25, 0.3) is 5.91 Å². The highest BCUT2D eigenvalue weighted by molar-refractivity contribution is 9.10. The number of nitrogens with one attached hydrogen (secondary N) is 2. The highest BCUT2D eigenvalue weighted by atomic mass is 79.9. The second kappa shape index (κ2) is 16.7. The van der Waals surface area contributed by atoms with Crippen molar-refractivity contribution in [2.45, 2.75) is 6.42 Å². The van der Waals surface area contributed by atoms with Gasteiger partial charge < -0.3 is 30.3 Å². The maximum atomic E-state index is 13.7. The van der Waals surface area contributed by atoms with E-state index in [0.717, 1.165) is 4.47 Å². The predicted octanol–water partition coefficient (Wildman–Crippen LogP) is 4.94. The number of rotatable bonds is 13. The number of nitrogens with zero attached hydrogens (tertiary/aromatic N) is 3. The molecule has 13 heteroatoms. The highest BCUT2D eigenvalue weighted by Gasteiger charge is 2.25. The Morgan fingerprint density at radius 2 is 1.42 bits per heavy atom. The van der Waals surface area contributed by atoms with E-state index in [-0.39, 0.29) is 30.4 Å². The van der Waals surface area contributed by atoms with E-state index in [1.54, 1.807) is 99.0 Å². The first-order chi connectivity index (χ1) is 23.0. The molecule has 0 aliphatic rings. The number of anilines is 4. The second-order valence-electron chi connectivity index (χ2n) is 10.5. The van der Waals surface area contributed by atoms with Crippen molar-refractivity contribution in [2.75, 3.05) is 53.8 Å². The molecule has 5 amide bonds. The summed E-state index contributed by atoms with van der Waals surface area (Å²) in [6.07, 6.45) is -0.219. The molecule has 0 radical (unpaired) electrons.